The number of H-pyrrole nitrogens is 2. The maximum atomic E-state index is 12.2. The molecule has 0 aliphatic rings. The Morgan fingerprint density at radius 1 is 1.29 bits per heavy atom. The second-order valence-electron chi connectivity index (χ2n) is 5.59. The van der Waals surface area contributed by atoms with Gasteiger partial charge >= 0.3 is 0 Å². The zero-order valence-corrected chi connectivity index (χ0v) is 15.2. The van der Waals surface area contributed by atoms with Crippen molar-refractivity contribution in [3.63, 3.8) is 0 Å². The van der Waals surface area contributed by atoms with E-state index in [1.54, 1.807) is 19.1 Å². The average molecular weight is 366 g/mol. The van der Waals surface area contributed by atoms with Crippen LogP contribution in [0.25, 0.3) is 0 Å². The van der Waals surface area contributed by atoms with E-state index >= 15 is 0 Å². The Balaban J connectivity index is 2.01. The summed E-state index contributed by atoms with van der Waals surface area (Å²) in [7, 11) is 0. The lowest BCUT2D eigenvalue weighted by atomic mass is 10.0. The van der Waals surface area contributed by atoms with E-state index in [0.717, 1.165) is 12.0 Å². The predicted molar refractivity (Wildman–Crippen MR) is 97.9 cm³/mol. The van der Waals surface area contributed by atoms with Crippen molar-refractivity contribution in [2.24, 2.45) is 0 Å². The van der Waals surface area contributed by atoms with Gasteiger partial charge in [-0.2, -0.15) is 0 Å². The normalized spacial score (nSPS) is 12.0. The molecular weight excluding hydrogens is 346 g/mol. The largest absolute Gasteiger partial charge is 0.349 e. The lowest BCUT2D eigenvalue weighted by Crippen LogP contribution is -2.29. The molecule has 0 fully saturated rings. The molecule has 0 saturated carbocycles. The quantitative estimate of drug-likeness (QED) is 0.684. The van der Waals surface area contributed by atoms with Gasteiger partial charge in [0.05, 0.1) is 6.04 Å². The molecule has 0 aliphatic carbocycles. The van der Waals surface area contributed by atoms with Crippen LogP contribution in [0.15, 0.2) is 29.1 Å². The van der Waals surface area contributed by atoms with Gasteiger partial charge in [-0.05, 0) is 49.7 Å². The van der Waals surface area contributed by atoms with Gasteiger partial charge in [-0.1, -0.05) is 30.7 Å². The van der Waals surface area contributed by atoms with Crippen molar-refractivity contribution >= 4 is 29.7 Å². The molecule has 1 amide bonds. The Morgan fingerprint density at radius 3 is 2.54 bits per heavy atom. The van der Waals surface area contributed by atoms with Crippen LogP contribution in [0.1, 0.15) is 42.6 Å². The zero-order chi connectivity index (χ0) is 17.7. The lowest BCUT2D eigenvalue weighted by molar-refractivity contribution is -0.121. The van der Waals surface area contributed by atoms with Crippen molar-refractivity contribution in [2.75, 3.05) is 0 Å². The Hall–Kier alpha value is -1.92. The van der Waals surface area contributed by atoms with Crippen molar-refractivity contribution in [2.45, 2.75) is 39.2 Å². The molecule has 128 valence electrons. The zero-order valence-electron chi connectivity index (χ0n) is 13.6. The summed E-state index contributed by atoms with van der Waals surface area (Å²) in [6.45, 7) is 3.78. The summed E-state index contributed by atoms with van der Waals surface area (Å²) in [4.78, 5) is 29.6. The van der Waals surface area contributed by atoms with Crippen LogP contribution < -0.4 is 10.9 Å². The van der Waals surface area contributed by atoms with Gasteiger partial charge in [0.15, 0.2) is 4.77 Å². The highest BCUT2D eigenvalue weighted by Crippen LogP contribution is 2.19. The van der Waals surface area contributed by atoms with E-state index in [9.17, 15) is 9.59 Å². The molecule has 5 nitrogen and oxygen atoms in total. The highest BCUT2D eigenvalue weighted by molar-refractivity contribution is 7.71. The molecule has 1 aromatic carbocycles. The van der Waals surface area contributed by atoms with E-state index < -0.39 is 0 Å². The second kappa shape index (κ2) is 8.26. The standard InChI is InChI=1S/C17H20ClN3O2S/c1-3-14(11-4-6-12(18)7-5-11)20-15(22)9-8-13-10(2)19-17(24)21-16(13)23/h4-7,14H,3,8-9H2,1-2H3,(H,20,22)(H2,19,21,23,24)/t14-/m0/s1. The molecule has 2 aromatic rings. The minimum atomic E-state index is -0.242. The molecule has 1 aromatic heterocycles. The van der Waals surface area contributed by atoms with Crippen LogP contribution in [0.4, 0.5) is 0 Å². The average Bonchev–Trinajstić information content (AvgIpc) is 2.52. The van der Waals surface area contributed by atoms with Gasteiger partial charge in [0.1, 0.15) is 0 Å². The molecule has 0 unspecified atom stereocenters. The van der Waals surface area contributed by atoms with Crippen LogP contribution in [0.2, 0.25) is 5.02 Å². The number of hydrogen-bond donors (Lipinski definition) is 3. The van der Waals surface area contributed by atoms with Crippen molar-refractivity contribution < 1.29 is 4.79 Å². The number of halogens is 1. The Kier molecular flexibility index (Phi) is 6.34. The molecule has 1 heterocycles. The molecule has 3 N–H and O–H groups in total. The number of aromatic amines is 2. The summed E-state index contributed by atoms with van der Waals surface area (Å²) in [5.41, 5.74) is 2.02. The Bertz CT molecular complexity index is 827. The van der Waals surface area contributed by atoms with Crippen LogP contribution >= 0.6 is 23.8 Å². The topological polar surface area (TPSA) is 77.8 Å². The highest BCUT2D eigenvalue weighted by Gasteiger charge is 2.14. The van der Waals surface area contributed by atoms with Crippen LogP contribution in [0, 0.1) is 11.7 Å². The molecule has 1 atom stereocenters. The third-order valence-corrected chi connectivity index (χ3v) is 4.33. The number of benzene rings is 1. The van der Waals surface area contributed by atoms with E-state index in [4.69, 9.17) is 23.8 Å². The molecule has 0 aliphatic heterocycles. The summed E-state index contributed by atoms with van der Waals surface area (Å²) in [5.74, 6) is -0.0990. The third-order valence-electron chi connectivity index (χ3n) is 3.87. The fourth-order valence-corrected chi connectivity index (χ4v) is 2.92. The molecule has 2 rings (SSSR count). The van der Waals surface area contributed by atoms with Crippen LogP contribution in [-0.2, 0) is 11.2 Å². The first-order chi connectivity index (χ1) is 11.4. The molecule has 0 saturated heterocycles. The summed E-state index contributed by atoms with van der Waals surface area (Å²) in [6, 6.07) is 7.35. The van der Waals surface area contributed by atoms with E-state index in [-0.39, 0.29) is 23.9 Å². The van der Waals surface area contributed by atoms with Crippen LogP contribution in [0.3, 0.4) is 0 Å². The first kappa shape index (κ1) is 18.4. The van der Waals surface area contributed by atoms with Gasteiger partial charge in [0.2, 0.25) is 5.91 Å². The van der Waals surface area contributed by atoms with E-state index in [0.29, 0.717) is 27.5 Å². The SMILES string of the molecule is CC[C@H](NC(=O)CCc1c(C)[nH]c(=S)[nH]c1=O)c1ccc(Cl)cc1. The predicted octanol–water partition coefficient (Wildman–Crippen LogP) is 3.59. The Morgan fingerprint density at radius 2 is 1.96 bits per heavy atom. The smallest absolute Gasteiger partial charge is 0.255 e. The number of aromatic nitrogens is 2. The summed E-state index contributed by atoms with van der Waals surface area (Å²) in [5, 5.41) is 3.66. The fraction of sp³-hybridized carbons (Fsp3) is 0.353. The van der Waals surface area contributed by atoms with Crippen LogP contribution in [0.5, 0.6) is 0 Å². The first-order valence-electron chi connectivity index (χ1n) is 7.77. The molecule has 7 heteroatoms. The summed E-state index contributed by atoms with van der Waals surface area (Å²) < 4.78 is 0.291. The van der Waals surface area contributed by atoms with Gasteiger partial charge in [0, 0.05) is 22.7 Å². The lowest BCUT2D eigenvalue weighted by Gasteiger charge is -2.17. The van der Waals surface area contributed by atoms with Gasteiger partial charge < -0.3 is 10.3 Å². The maximum Gasteiger partial charge on any atom is 0.255 e. The summed E-state index contributed by atoms with van der Waals surface area (Å²) >= 11 is 10.8. The van der Waals surface area contributed by atoms with Gasteiger partial charge in [-0.3, -0.25) is 14.6 Å². The van der Waals surface area contributed by atoms with Crippen molar-refractivity contribution in [1.29, 1.82) is 0 Å². The minimum Gasteiger partial charge on any atom is -0.349 e. The maximum absolute atomic E-state index is 12.2. The summed E-state index contributed by atoms with van der Waals surface area (Å²) in [6.07, 6.45) is 1.36. The van der Waals surface area contributed by atoms with Gasteiger partial charge in [-0.25, -0.2) is 0 Å². The number of amides is 1. The number of carbonyl (C=O) groups excluding carboxylic acids is 1. The minimum absolute atomic E-state index is 0.0734. The van der Waals surface area contributed by atoms with Gasteiger partial charge in [-0.15, -0.1) is 0 Å². The van der Waals surface area contributed by atoms with Crippen molar-refractivity contribution in [3.8, 4) is 0 Å². The molecule has 24 heavy (non-hydrogen) atoms. The van der Waals surface area contributed by atoms with Crippen molar-refractivity contribution in [3.05, 3.63) is 61.2 Å². The highest BCUT2D eigenvalue weighted by atomic mass is 35.5. The molecule has 0 radical (unpaired) electrons. The first-order valence-corrected chi connectivity index (χ1v) is 8.56. The number of rotatable bonds is 6. The van der Waals surface area contributed by atoms with E-state index in [2.05, 4.69) is 15.3 Å². The second-order valence-corrected chi connectivity index (χ2v) is 6.44. The molecule has 0 bridgehead atoms. The van der Waals surface area contributed by atoms with Gasteiger partial charge in [0.25, 0.3) is 5.56 Å². The van der Waals surface area contributed by atoms with E-state index in [1.807, 2.05) is 19.1 Å². The third kappa shape index (κ3) is 4.79. The number of hydrogen-bond acceptors (Lipinski definition) is 3. The van der Waals surface area contributed by atoms with E-state index in [1.165, 1.54) is 0 Å². The number of nitrogens with one attached hydrogen (secondary N) is 3. The van der Waals surface area contributed by atoms with Crippen molar-refractivity contribution in [1.82, 2.24) is 15.3 Å². The monoisotopic (exact) mass is 365 g/mol. The molecular formula is C17H20ClN3O2S. The molecule has 0 spiro atoms. The van der Waals surface area contributed by atoms with Crippen LogP contribution in [-0.4, -0.2) is 15.9 Å². The Labute approximate surface area is 150 Å². The fourth-order valence-electron chi connectivity index (χ4n) is 2.55. The number of carbonyl (C=O) groups is 1. The number of aryl methyl sites for hydroxylation is 1.